The Labute approximate surface area is 134 Å². The first-order chi connectivity index (χ1) is 9.09. The molecule has 0 aliphatic heterocycles. The van der Waals surface area contributed by atoms with E-state index in [1.807, 2.05) is 0 Å². The minimum absolute atomic E-state index is 0.334. The Bertz CT molecular complexity index is 651. The molecule has 0 saturated heterocycles. The van der Waals surface area contributed by atoms with E-state index in [9.17, 15) is 4.79 Å². The van der Waals surface area contributed by atoms with Crippen molar-refractivity contribution >= 4 is 59.1 Å². The van der Waals surface area contributed by atoms with Gasteiger partial charge >= 0.3 is 135 Å². The van der Waals surface area contributed by atoms with Crippen LogP contribution in [0.1, 0.15) is 15.9 Å². The van der Waals surface area contributed by atoms with Gasteiger partial charge in [0.1, 0.15) is 0 Å². The summed E-state index contributed by atoms with van der Waals surface area (Å²) in [6.45, 7) is 14.4. The molecule has 2 heterocycles. The van der Waals surface area contributed by atoms with Crippen LogP contribution in [0.5, 0.6) is 0 Å². The molecular weight excluding hydrogens is 410 g/mol. The first kappa shape index (κ1) is 15.0. The van der Waals surface area contributed by atoms with Crippen molar-refractivity contribution < 1.29 is 4.79 Å². The fraction of sp³-hybridized carbons (Fsp3) is 0.400. The predicted octanol–water partition coefficient (Wildman–Crippen LogP) is 2.10. The summed E-state index contributed by atoms with van der Waals surface area (Å²) in [5.74, 6) is 0.334. The van der Waals surface area contributed by atoms with E-state index in [4.69, 9.17) is 0 Å². The summed E-state index contributed by atoms with van der Waals surface area (Å²) >= 11 is 0.855. The maximum atomic E-state index is 12.7. The Morgan fingerprint density at radius 3 is 1.40 bits per heavy atom. The van der Waals surface area contributed by atoms with E-state index in [-0.39, 0.29) is 0 Å². The quantitative estimate of drug-likeness (QED) is 0.570. The summed E-state index contributed by atoms with van der Waals surface area (Å²) in [5.41, 5.74) is 2.14. The average Bonchev–Trinajstić information content (AvgIpc) is 2.93. The molecule has 5 heteroatoms. The summed E-state index contributed by atoms with van der Waals surface area (Å²) in [7, 11) is -2.49. The van der Waals surface area contributed by atoms with Crippen LogP contribution in [0.3, 0.4) is 0 Å². The van der Waals surface area contributed by atoms with Crippen molar-refractivity contribution in [3.63, 3.8) is 0 Å². The first-order valence-corrected chi connectivity index (χ1v) is 17.4. The number of ketones is 1. The molecule has 1 aliphatic carbocycles. The fourth-order valence-electron chi connectivity index (χ4n) is 2.34. The number of carbonyl (C=O) groups is 1. The van der Waals surface area contributed by atoms with Gasteiger partial charge in [0, 0.05) is 0 Å². The van der Waals surface area contributed by atoms with Crippen LogP contribution in [-0.2, 0) is 0 Å². The van der Waals surface area contributed by atoms with Crippen LogP contribution in [0, 0.1) is 0 Å². The molecule has 0 aromatic carbocycles. The number of rotatable bonds is 2. The third-order valence-corrected chi connectivity index (χ3v) is 20.4. The molecule has 0 unspecified atom stereocenters. The van der Waals surface area contributed by atoms with Crippen LogP contribution in [0.25, 0.3) is 8.87 Å². The zero-order valence-corrected chi connectivity index (χ0v) is 18.3. The second kappa shape index (κ2) is 4.55. The Kier molecular flexibility index (Phi) is 3.41. The third kappa shape index (κ3) is 2.29. The van der Waals surface area contributed by atoms with Gasteiger partial charge in [-0.15, -0.1) is 0 Å². The standard InChI is InChI=1S/C15H20OSe2Si2/c1-19(2,3)11-7-9-13(16)10-8-12(20(4,5)6)18-15(10)14(9)17-11/h7-8H,1-6H3. The average molecular weight is 430 g/mol. The first-order valence-electron chi connectivity index (χ1n) is 6.93. The molecule has 0 fully saturated rings. The molecule has 20 heavy (non-hydrogen) atoms. The summed E-state index contributed by atoms with van der Waals surface area (Å²) in [4.78, 5) is 12.7. The molecule has 2 aromatic heterocycles. The number of fused-ring (bicyclic) bond motifs is 3. The van der Waals surface area contributed by atoms with Gasteiger partial charge in [0.2, 0.25) is 0 Å². The van der Waals surface area contributed by atoms with E-state index in [2.05, 4.69) is 51.4 Å². The number of hydrogen-bond donors (Lipinski definition) is 0. The van der Waals surface area contributed by atoms with Gasteiger partial charge in [-0.3, -0.25) is 0 Å². The van der Waals surface area contributed by atoms with Gasteiger partial charge in [0.05, 0.1) is 0 Å². The molecular formula is C15H20OSe2Si2. The molecule has 0 atom stereocenters. The zero-order chi connectivity index (χ0) is 14.9. The zero-order valence-electron chi connectivity index (χ0n) is 12.9. The third-order valence-electron chi connectivity index (χ3n) is 3.64. The van der Waals surface area contributed by atoms with E-state index in [1.165, 1.54) is 8.87 Å². The van der Waals surface area contributed by atoms with Crippen LogP contribution < -0.4 is 8.12 Å². The topological polar surface area (TPSA) is 17.1 Å². The van der Waals surface area contributed by atoms with Crippen molar-refractivity contribution in [2.75, 3.05) is 0 Å². The van der Waals surface area contributed by atoms with Crippen molar-refractivity contribution in [1.29, 1.82) is 0 Å². The van der Waals surface area contributed by atoms with E-state index < -0.39 is 16.1 Å². The van der Waals surface area contributed by atoms with Gasteiger partial charge in [-0.05, 0) is 0 Å². The molecule has 0 radical (unpaired) electrons. The molecule has 106 valence electrons. The van der Waals surface area contributed by atoms with Gasteiger partial charge in [-0.2, -0.15) is 0 Å². The molecule has 0 bridgehead atoms. The van der Waals surface area contributed by atoms with Crippen molar-refractivity contribution in [3.8, 4) is 8.87 Å². The Morgan fingerprint density at radius 2 is 1.10 bits per heavy atom. The van der Waals surface area contributed by atoms with E-state index in [1.54, 1.807) is 8.12 Å². The minimum atomic E-state index is -1.25. The van der Waals surface area contributed by atoms with Crippen molar-refractivity contribution in [1.82, 2.24) is 0 Å². The molecule has 1 nitrogen and oxygen atoms in total. The number of hydrogen-bond acceptors (Lipinski definition) is 1. The summed E-state index contributed by atoms with van der Waals surface area (Å²) < 4.78 is 6.15. The van der Waals surface area contributed by atoms with Gasteiger partial charge in [-0.1, -0.05) is 0 Å². The molecule has 3 rings (SSSR count). The van der Waals surface area contributed by atoms with Gasteiger partial charge < -0.3 is 0 Å². The van der Waals surface area contributed by atoms with Crippen molar-refractivity contribution in [2.45, 2.75) is 39.3 Å². The van der Waals surface area contributed by atoms with E-state index in [0.29, 0.717) is 34.8 Å². The molecule has 0 N–H and O–H groups in total. The van der Waals surface area contributed by atoms with E-state index in [0.717, 1.165) is 11.1 Å². The van der Waals surface area contributed by atoms with Crippen LogP contribution in [0.15, 0.2) is 12.1 Å². The monoisotopic (exact) mass is 432 g/mol. The Morgan fingerprint density at radius 1 is 0.750 bits per heavy atom. The second-order valence-electron chi connectivity index (χ2n) is 7.54. The summed E-state index contributed by atoms with van der Waals surface area (Å²) in [6.07, 6.45) is 0. The SMILES string of the molecule is C[Si](C)(C)c1cc2c([se]1)-c1[se]c([Si](C)(C)C)cc1C2=O. The van der Waals surface area contributed by atoms with E-state index >= 15 is 0 Å². The predicted molar refractivity (Wildman–Crippen MR) is 95.2 cm³/mol. The van der Waals surface area contributed by atoms with Gasteiger partial charge in [0.25, 0.3) is 0 Å². The summed E-state index contributed by atoms with van der Waals surface area (Å²) in [6, 6.07) is 4.53. The Balaban J connectivity index is 2.16. The molecule has 0 saturated carbocycles. The van der Waals surface area contributed by atoms with Gasteiger partial charge in [0.15, 0.2) is 0 Å². The molecule has 0 amide bonds. The van der Waals surface area contributed by atoms with Crippen molar-refractivity contribution in [2.24, 2.45) is 0 Å². The normalized spacial score (nSPS) is 14.6. The second-order valence-corrected chi connectivity index (χ2v) is 23.6. The van der Waals surface area contributed by atoms with Crippen LogP contribution >= 0.6 is 0 Å². The van der Waals surface area contributed by atoms with Crippen LogP contribution in [0.2, 0.25) is 39.3 Å². The van der Waals surface area contributed by atoms with Crippen molar-refractivity contribution in [3.05, 3.63) is 23.3 Å². The molecule has 2 aromatic rings. The Hall–Kier alpha value is 0.103. The van der Waals surface area contributed by atoms with Gasteiger partial charge in [-0.25, -0.2) is 0 Å². The maximum absolute atomic E-state index is 12.7. The fourth-order valence-corrected chi connectivity index (χ4v) is 13.5. The summed E-state index contributed by atoms with van der Waals surface area (Å²) in [5, 5.41) is 0. The molecule has 1 aliphatic rings. The van der Waals surface area contributed by atoms with Crippen LogP contribution in [0.4, 0.5) is 0 Å². The number of carbonyl (C=O) groups excluding carboxylic acids is 1. The molecule has 0 spiro atoms. The van der Waals surface area contributed by atoms with Crippen LogP contribution in [-0.4, -0.2) is 50.9 Å².